The van der Waals surface area contributed by atoms with Crippen molar-refractivity contribution in [3.05, 3.63) is 22.7 Å². The maximum atomic E-state index is 12.7. The molecule has 0 bridgehead atoms. The van der Waals surface area contributed by atoms with Gasteiger partial charge in [-0.05, 0) is 37.8 Å². The van der Waals surface area contributed by atoms with Crippen molar-refractivity contribution in [3.8, 4) is 5.75 Å². The van der Waals surface area contributed by atoms with Crippen molar-refractivity contribution < 1.29 is 24.2 Å². The number of ether oxygens (including phenoxy) is 1. The fourth-order valence-electron chi connectivity index (χ4n) is 5.03. The minimum absolute atomic E-state index is 0.0434. The Hall–Kier alpha value is -2.81. The third-order valence-electron chi connectivity index (χ3n) is 6.83. The number of fused-ring (bicyclic) bond motifs is 2. The van der Waals surface area contributed by atoms with Gasteiger partial charge in [-0.15, -0.1) is 0 Å². The fourth-order valence-corrected chi connectivity index (χ4v) is 5.25. The molecule has 190 valence electrons. The van der Waals surface area contributed by atoms with Gasteiger partial charge in [0, 0.05) is 18.0 Å². The Morgan fingerprint density at radius 1 is 1.14 bits per heavy atom. The summed E-state index contributed by atoms with van der Waals surface area (Å²) in [5, 5.41) is 12.5. The average Bonchev–Trinajstić information content (AvgIpc) is 3.21. The van der Waals surface area contributed by atoms with Gasteiger partial charge in [0.1, 0.15) is 18.8 Å². The van der Waals surface area contributed by atoms with Gasteiger partial charge in [-0.2, -0.15) is 0 Å². The van der Waals surface area contributed by atoms with Crippen LogP contribution in [0.3, 0.4) is 0 Å². The number of unbranched alkanes of at least 4 members (excludes halogenated alkanes) is 3. The van der Waals surface area contributed by atoms with Crippen LogP contribution in [0.4, 0.5) is 5.69 Å². The van der Waals surface area contributed by atoms with Crippen molar-refractivity contribution in [2.45, 2.75) is 76.8 Å². The lowest BCUT2D eigenvalue weighted by Crippen LogP contribution is -2.44. The molecule has 2 amide bonds. The molecule has 2 N–H and O–H groups in total. The van der Waals surface area contributed by atoms with E-state index in [1.165, 1.54) is 0 Å². The number of amides is 2. The van der Waals surface area contributed by atoms with Gasteiger partial charge >= 0.3 is 5.97 Å². The molecule has 4 rings (SSSR count). The van der Waals surface area contributed by atoms with Gasteiger partial charge < -0.3 is 19.6 Å². The summed E-state index contributed by atoms with van der Waals surface area (Å²) in [7, 11) is 0. The molecule has 0 aromatic heterocycles. The molecule has 0 atom stereocenters. The van der Waals surface area contributed by atoms with Crippen LogP contribution >= 0.6 is 11.6 Å². The van der Waals surface area contributed by atoms with Crippen LogP contribution in [-0.4, -0.2) is 64.4 Å². The monoisotopic (exact) mass is 504 g/mol. The summed E-state index contributed by atoms with van der Waals surface area (Å²) in [5.74, 6) is 0.177. The van der Waals surface area contributed by atoms with Gasteiger partial charge in [0.25, 0.3) is 0 Å². The second kappa shape index (κ2) is 11.7. The average molecular weight is 505 g/mol. The zero-order chi connectivity index (χ0) is 24.8. The summed E-state index contributed by atoms with van der Waals surface area (Å²) >= 11 is 6.33. The Morgan fingerprint density at radius 2 is 1.91 bits per heavy atom. The maximum absolute atomic E-state index is 12.7. The Kier molecular flexibility index (Phi) is 8.49. The van der Waals surface area contributed by atoms with Crippen LogP contribution in [0.5, 0.6) is 5.75 Å². The number of hydrogen-bond donors (Lipinski definition) is 2. The molecule has 1 aliphatic carbocycles. The molecule has 0 radical (unpaired) electrons. The molecule has 1 saturated heterocycles. The highest BCUT2D eigenvalue weighted by Gasteiger charge is 2.31. The van der Waals surface area contributed by atoms with Crippen LogP contribution in [0.15, 0.2) is 17.1 Å². The smallest absolute Gasteiger partial charge is 0.323 e. The summed E-state index contributed by atoms with van der Waals surface area (Å²) in [6.45, 7) is 1.12. The first kappa shape index (κ1) is 25.3. The van der Waals surface area contributed by atoms with E-state index in [1.807, 2.05) is 11.0 Å². The molecular formula is C25H33ClN4O5. The lowest BCUT2D eigenvalue weighted by Gasteiger charge is -2.33. The van der Waals surface area contributed by atoms with Crippen LogP contribution < -0.4 is 10.1 Å². The lowest BCUT2D eigenvalue weighted by atomic mass is 9.93. The maximum Gasteiger partial charge on any atom is 0.323 e. The molecule has 2 aliphatic heterocycles. The van der Waals surface area contributed by atoms with Gasteiger partial charge in [-0.25, -0.2) is 4.99 Å². The molecule has 35 heavy (non-hydrogen) atoms. The van der Waals surface area contributed by atoms with Crippen LogP contribution in [-0.2, 0) is 20.9 Å². The van der Waals surface area contributed by atoms with Crippen LogP contribution in [0, 0.1) is 0 Å². The van der Waals surface area contributed by atoms with Gasteiger partial charge in [-0.1, -0.05) is 43.7 Å². The van der Waals surface area contributed by atoms with E-state index >= 15 is 0 Å². The normalized spacial score (nSPS) is 17.3. The first-order valence-electron chi connectivity index (χ1n) is 12.5. The summed E-state index contributed by atoms with van der Waals surface area (Å²) in [5.41, 5.74) is 1.52. The number of aliphatic imine (C=N–C) groups is 1. The number of guanidine groups is 1. The van der Waals surface area contributed by atoms with E-state index in [9.17, 15) is 19.5 Å². The standard InChI is InChI=1S/C25H33ClN4O5/c26-19-11-12-20(18-14-29-15-21(31)27-25(29)28-24(18)19)35-13-7-2-1-6-10-22(32)30(16-23(33)34)17-8-4-3-5-9-17/h11-12,17H,1-10,13-16H2,(H,33,34)(H,27,28,31). The number of benzene rings is 1. The van der Waals surface area contributed by atoms with Crippen molar-refractivity contribution in [2.75, 3.05) is 19.7 Å². The first-order chi connectivity index (χ1) is 16.9. The molecule has 9 nitrogen and oxygen atoms in total. The summed E-state index contributed by atoms with van der Waals surface area (Å²) in [6, 6.07) is 3.67. The molecule has 2 heterocycles. The summed E-state index contributed by atoms with van der Waals surface area (Å²) in [4.78, 5) is 43.6. The summed E-state index contributed by atoms with van der Waals surface area (Å²) in [6.07, 6.45) is 8.86. The minimum atomic E-state index is -0.944. The SMILES string of the molecule is O=C(O)CN(C(=O)CCCCCCOc1ccc(Cl)c2c1CN1CC(=O)NC1=N2)C1CCCCC1. The van der Waals surface area contributed by atoms with Crippen molar-refractivity contribution in [2.24, 2.45) is 4.99 Å². The van der Waals surface area contributed by atoms with Gasteiger partial charge in [-0.3, -0.25) is 19.7 Å². The number of aliphatic carboxylic acids is 1. The number of rotatable bonds is 11. The number of carboxylic acid groups (broad SMARTS) is 1. The number of carbonyl (C=O) groups excluding carboxylic acids is 2. The number of hydrogen-bond acceptors (Lipinski definition) is 6. The Balaban J connectivity index is 1.20. The van der Waals surface area contributed by atoms with Gasteiger partial charge in [0.2, 0.25) is 17.8 Å². The van der Waals surface area contributed by atoms with Crippen molar-refractivity contribution in [1.29, 1.82) is 0 Å². The fraction of sp³-hybridized carbons (Fsp3) is 0.600. The van der Waals surface area contributed by atoms with E-state index in [-0.39, 0.29) is 30.9 Å². The molecular weight excluding hydrogens is 472 g/mol. The first-order valence-corrected chi connectivity index (χ1v) is 12.9. The zero-order valence-electron chi connectivity index (χ0n) is 19.9. The Morgan fingerprint density at radius 3 is 2.69 bits per heavy atom. The topological polar surface area (TPSA) is 112 Å². The third kappa shape index (κ3) is 6.45. The number of carbonyl (C=O) groups is 3. The highest BCUT2D eigenvalue weighted by Crippen LogP contribution is 2.39. The van der Waals surface area contributed by atoms with E-state index in [2.05, 4.69) is 10.3 Å². The summed E-state index contributed by atoms with van der Waals surface area (Å²) < 4.78 is 6.02. The molecule has 1 aromatic rings. The predicted octanol–water partition coefficient (Wildman–Crippen LogP) is 3.85. The molecule has 10 heteroatoms. The lowest BCUT2D eigenvalue weighted by molar-refractivity contribution is -0.146. The number of halogens is 1. The van der Waals surface area contributed by atoms with Crippen LogP contribution in [0.25, 0.3) is 0 Å². The van der Waals surface area contributed by atoms with Crippen molar-refractivity contribution in [3.63, 3.8) is 0 Å². The Labute approximate surface area is 210 Å². The largest absolute Gasteiger partial charge is 0.493 e. The van der Waals surface area contributed by atoms with E-state index in [0.29, 0.717) is 36.2 Å². The second-order valence-corrected chi connectivity index (χ2v) is 9.84. The molecule has 0 spiro atoms. The minimum Gasteiger partial charge on any atom is -0.493 e. The molecule has 1 aromatic carbocycles. The third-order valence-corrected chi connectivity index (χ3v) is 7.13. The molecule has 3 aliphatic rings. The van der Waals surface area contributed by atoms with Crippen molar-refractivity contribution in [1.82, 2.24) is 15.1 Å². The second-order valence-electron chi connectivity index (χ2n) is 9.43. The quantitative estimate of drug-likeness (QED) is 0.443. The number of carboxylic acids is 1. The Bertz CT molecular complexity index is 992. The predicted molar refractivity (Wildman–Crippen MR) is 132 cm³/mol. The number of nitrogens with one attached hydrogen (secondary N) is 1. The number of nitrogens with zero attached hydrogens (tertiary/aromatic N) is 3. The highest BCUT2D eigenvalue weighted by atomic mass is 35.5. The van der Waals surface area contributed by atoms with E-state index in [1.54, 1.807) is 11.0 Å². The van der Waals surface area contributed by atoms with Gasteiger partial charge in [0.15, 0.2) is 0 Å². The van der Waals surface area contributed by atoms with E-state index < -0.39 is 5.97 Å². The van der Waals surface area contributed by atoms with E-state index in [4.69, 9.17) is 16.3 Å². The van der Waals surface area contributed by atoms with Crippen LogP contribution in [0.1, 0.15) is 69.8 Å². The van der Waals surface area contributed by atoms with Crippen molar-refractivity contribution >= 4 is 41.0 Å². The molecule has 2 fully saturated rings. The van der Waals surface area contributed by atoms with Gasteiger partial charge in [0.05, 0.1) is 23.9 Å². The molecule has 1 saturated carbocycles. The highest BCUT2D eigenvalue weighted by molar-refractivity contribution is 6.33. The van der Waals surface area contributed by atoms with E-state index in [0.717, 1.165) is 69.1 Å². The molecule has 0 unspecified atom stereocenters. The zero-order valence-corrected chi connectivity index (χ0v) is 20.7. The van der Waals surface area contributed by atoms with Crippen LogP contribution in [0.2, 0.25) is 5.02 Å².